The second kappa shape index (κ2) is 11.3. The normalized spacial score (nSPS) is 17.6. The molecule has 0 aliphatic carbocycles. The summed E-state index contributed by atoms with van der Waals surface area (Å²) in [5.41, 5.74) is 0.750. The molecule has 1 fully saturated rings. The number of methoxy groups -OCH3 is 1. The van der Waals surface area contributed by atoms with Crippen molar-refractivity contribution in [2.45, 2.75) is 25.0 Å². The summed E-state index contributed by atoms with van der Waals surface area (Å²) in [6.45, 7) is 3.74. The number of piperidine rings is 1. The molecule has 1 heterocycles. The zero-order chi connectivity index (χ0) is 21.2. The van der Waals surface area contributed by atoms with Crippen LogP contribution in [0, 0.1) is 5.92 Å². The molecule has 1 unspecified atom stereocenters. The minimum Gasteiger partial charge on any atom is -0.497 e. The largest absolute Gasteiger partial charge is 0.497 e. The molecular weight excluding hydrogens is 402 g/mol. The molecule has 1 aliphatic heterocycles. The van der Waals surface area contributed by atoms with E-state index in [-0.39, 0.29) is 18.3 Å². The molecule has 7 heteroatoms. The summed E-state index contributed by atoms with van der Waals surface area (Å²) in [6.07, 6.45) is 2.98. The Balaban J connectivity index is 1.35. The van der Waals surface area contributed by atoms with Gasteiger partial charge in [-0.2, -0.15) is 8.42 Å². The third-order valence-corrected chi connectivity index (χ3v) is 6.40. The average molecular weight is 434 g/mol. The number of hydrogen-bond acceptors (Lipinski definition) is 6. The summed E-state index contributed by atoms with van der Waals surface area (Å²) in [5, 5.41) is 0. The summed E-state index contributed by atoms with van der Waals surface area (Å²) >= 11 is 0. The van der Waals surface area contributed by atoms with E-state index < -0.39 is 10.1 Å². The predicted octanol–water partition coefficient (Wildman–Crippen LogP) is 3.72. The van der Waals surface area contributed by atoms with Gasteiger partial charge in [-0.3, -0.25) is 4.18 Å². The summed E-state index contributed by atoms with van der Waals surface area (Å²) < 4.78 is 40.8. The van der Waals surface area contributed by atoms with Crippen molar-refractivity contribution in [2.75, 3.05) is 40.0 Å². The minimum absolute atomic E-state index is 0.0764. The maximum absolute atomic E-state index is 12.2. The second-order valence-electron chi connectivity index (χ2n) is 7.66. The fourth-order valence-corrected chi connectivity index (χ4v) is 4.74. The highest BCUT2D eigenvalue weighted by Gasteiger charge is 2.22. The molecule has 0 N–H and O–H groups in total. The van der Waals surface area contributed by atoms with E-state index in [2.05, 4.69) is 4.90 Å². The molecule has 1 saturated heterocycles. The van der Waals surface area contributed by atoms with Crippen LogP contribution in [0.25, 0.3) is 0 Å². The van der Waals surface area contributed by atoms with Crippen molar-refractivity contribution >= 4 is 10.1 Å². The zero-order valence-corrected chi connectivity index (χ0v) is 18.4. The van der Waals surface area contributed by atoms with E-state index in [1.807, 2.05) is 42.5 Å². The van der Waals surface area contributed by atoms with Crippen LogP contribution < -0.4 is 9.47 Å². The third kappa shape index (κ3) is 7.63. The van der Waals surface area contributed by atoms with E-state index >= 15 is 0 Å². The Labute approximate surface area is 179 Å². The number of hydrogen-bond donors (Lipinski definition) is 0. The fraction of sp³-hybridized carbons (Fsp3) is 0.478. The molecule has 0 aromatic heterocycles. The van der Waals surface area contributed by atoms with E-state index in [0.29, 0.717) is 6.61 Å². The lowest BCUT2D eigenvalue weighted by atomic mass is 9.99. The molecule has 0 saturated carbocycles. The van der Waals surface area contributed by atoms with Crippen molar-refractivity contribution in [3.05, 3.63) is 60.2 Å². The topological polar surface area (TPSA) is 65.1 Å². The van der Waals surface area contributed by atoms with Crippen molar-refractivity contribution in [3.63, 3.8) is 0 Å². The lowest BCUT2D eigenvalue weighted by Gasteiger charge is -2.32. The zero-order valence-electron chi connectivity index (χ0n) is 17.5. The first kappa shape index (κ1) is 22.6. The van der Waals surface area contributed by atoms with Gasteiger partial charge in [0.1, 0.15) is 17.3 Å². The highest BCUT2D eigenvalue weighted by molar-refractivity contribution is 7.85. The Kier molecular flexibility index (Phi) is 8.54. The van der Waals surface area contributed by atoms with E-state index in [1.165, 1.54) is 0 Å². The molecule has 1 aliphatic rings. The highest BCUT2D eigenvalue weighted by atomic mass is 32.2. The standard InChI is InChI=1S/C23H31NO5S/c1-27-22-10-12-23(13-11-22)28-16-6-15-24-14-5-9-21(17-24)18-29-30(25,26)19-20-7-3-2-4-8-20/h2-4,7-8,10-13,21H,5-6,9,14-19H2,1H3. The smallest absolute Gasteiger partial charge is 0.271 e. The van der Waals surface area contributed by atoms with Gasteiger partial charge in [0, 0.05) is 13.1 Å². The molecule has 30 heavy (non-hydrogen) atoms. The van der Waals surface area contributed by atoms with Gasteiger partial charge in [-0.05, 0) is 61.6 Å². The van der Waals surface area contributed by atoms with Gasteiger partial charge in [-0.25, -0.2) is 0 Å². The van der Waals surface area contributed by atoms with E-state index in [9.17, 15) is 8.42 Å². The maximum Gasteiger partial charge on any atom is 0.271 e. The van der Waals surface area contributed by atoms with Crippen molar-refractivity contribution in [1.82, 2.24) is 4.90 Å². The van der Waals surface area contributed by atoms with Gasteiger partial charge < -0.3 is 14.4 Å². The van der Waals surface area contributed by atoms with Crippen molar-refractivity contribution in [3.8, 4) is 11.5 Å². The maximum atomic E-state index is 12.2. The van der Waals surface area contributed by atoms with Crippen molar-refractivity contribution in [1.29, 1.82) is 0 Å². The molecular formula is C23H31NO5S. The third-order valence-electron chi connectivity index (χ3n) is 5.22. The quantitative estimate of drug-likeness (QED) is 0.397. The SMILES string of the molecule is COc1ccc(OCCCN2CCCC(COS(=O)(=O)Cc3ccccc3)C2)cc1. The van der Waals surface area contributed by atoms with Gasteiger partial charge in [0.2, 0.25) is 0 Å². The number of ether oxygens (including phenoxy) is 2. The Hall–Kier alpha value is -2.09. The van der Waals surface area contributed by atoms with Crippen LogP contribution in [0.15, 0.2) is 54.6 Å². The molecule has 0 amide bonds. The fourth-order valence-electron chi connectivity index (χ4n) is 3.66. The van der Waals surface area contributed by atoms with Gasteiger partial charge in [-0.1, -0.05) is 30.3 Å². The molecule has 6 nitrogen and oxygen atoms in total. The predicted molar refractivity (Wildman–Crippen MR) is 117 cm³/mol. The van der Waals surface area contributed by atoms with Crippen LogP contribution in [0.5, 0.6) is 11.5 Å². The number of rotatable bonds is 11. The van der Waals surface area contributed by atoms with Gasteiger partial charge >= 0.3 is 0 Å². The van der Waals surface area contributed by atoms with Crippen LogP contribution in [0.3, 0.4) is 0 Å². The van der Waals surface area contributed by atoms with Crippen LogP contribution in [0.1, 0.15) is 24.8 Å². The summed E-state index contributed by atoms with van der Waals surface area (Å²) in [5.74, 6) is 1.82. The molecule has 0 spiro atoms. The lowest BCUT2D eigenvalue weighted by Crippen LogP contribution is -2.38. The monoisotopic (exact) mass is 433 g/mol. The van der Waals surface area contributed by atoms with E-state index in [1.54, 1.807) is 19.2 Å². The lowest BCUT2D eigenvalue weighted by molar-refractivity contribution is 0.126. The second-order valence-corrected chi connectivity index (χ2v) is 9.30. The number of nitrogens with zero attached hydrogens (tertiary/aromatic N) is 1. The molecule has 164 valence electrons. The van der Waals surface area contributed by atoms with E-state index in [0.717, 1.165) is 56.0 Å². The van der Waals surface area contributed by atoms with Crippen molar-refractivity contribution < 1.29 is 22.1 Å². The van der Waals surface area contributed by atoms with Crippen LogP contribution in [-0.2, 0) is 20.1 Å². The van der Waals surface area contributed by atoms with Gasteiger partial charge in [0.05, 0.1) is 20.3 Å². The van der Waals surface area contributed by atoms with Crippen molar-refractivity contribution in [2.24, 2.45) is 5.92 Å². The van der Waals surface area contributed by atoms with Gasteiger partial charge in [0.15, 0.2) is 0 Å². The molecule has 3 rings (SSSR count). The molecule has 2 aromatic rings. The Morgan fingerprint density at radius 1 is 1.03 bits per heavy atom. The molecule has 1 atom stereocenters. The average Bonchev–Trinajstić information content (AvgIpc) is 2.76. The van der Waals surface area contributed by atoms with Gasteiger partial charge in [0.25, 0.3) is 10.1 Å². The van der Waals surface area contributed by atoms with Crippen LogP contribution >= 0.6 is 0 Å². The van der Waals surface area contributed by atoms with Crippen LogP contribution in [-0.4, -0.2) is 53.3 Å². The molecule has 2 aromatic carbocycles. The first-order valence-corrected chi connectivity index (χ1v) is 12.0. The summed E-state index contributed by atoms with van der Waals surface area (Å²) in [6, 6.07) is 16.7. The Morgan fingerprint density at radius 3 is 2.50 bits per heavy atom. The first-order valence-electron chi connectivity index (χ1n) is 10.4. The van der Waals surface area contributed by atoms with E-state index in [4.69, 9.17) is 13.7 Å². The minimum atomic E-state index is -3.56. The van der Waals surface area contributed by atoms with Gasteiger partial charge in [-0.15, -0.1) is 0 Å². The number of benzene rings is 2. The Morgan fingerprint density at radius 2 is 1.77 bits per heavy atom. The first-order chi connectivity index (χ1) is 14.5. The van der Waals surface area contributed by atoms with Crippen LogP contribution in [0.2, 0.25) is 0 Å². The van der Waals surface area contributed by atoms with Crippen LogP contribution in [0.4, 0.5) is 0 Å². The summed E-state index contributed by atoms with van der Waals surface area (Å²) in [7, 11) is -1.91. The summed E-state index contributed by atoms with van der Waals surface area (Å²) in [4.78, 5) is 2.37. The Bertz CT molecular complexity index is 855. The number of likely N-dealkylation sites (tertiary alicyclic amines) is 1. The molecule has 0 radical (unpaired) electrons. The highest BCUT2D eigenvalue weighted by Crippen LogP contribution is 2.20. The molecule has 0 bridgehead atoms.